The summed E-state index contributed by atoms with van der Waals surface area (Å²) >= 11 is 0. The number of hydrogen-bond donors (Lipinski definition) is 1. The average molecular weight is 213 g/mol. The Hall–Kier alpha value is -0.0800. The van der Waals surface area contributed by atoms with Crippen molar-refractivity contribution in [2.24, 2.45) is 5.41 Å². The summed E-state index contributed by atoms with van der Waals surface area (Å²) in [6, 6.07) is 0.587. The van der Waals surface area contributed by atoms with Crippen LogP contribution in [0, 0.1) is 5.41 Å². The average Bonchev–Trinajstić information content (AvgIpc) is 2.47. The van der Waals surface area contributed by atoms with E-state index in [2.05, 4.69) is 39.9 Å². The molecule has 90 valence electrons. The molecule has 1 atom stereocenters. The van der Waals surface area contributed by atoms with E-state index in [9.17, 15) is 0 Å². The van der Waals surface area contributed by atoms with Gasteiger partial charge in [-0.1, -0.05) is 20.8 Å². The summed E-state index contributed by atoms with van der Waals surface area (Å²) in [6.07, 6.45) is 3.67. The molecule has 2 heteroatoms. The summed E-state index contributed by atoms with van der Waals surface area (Å²) in [5, 5.41) is 3.47. The summed E-state index contributed by atoms with van der Waals surface area (Å²) in [7, 11) is 0. The lowest BCUT2D eigenvalue weighted by Gasteiger charge is -2.33. The van der Waals surface area contributed by atoms with Crippen molar-refractivity contribution in [2.45, 2.75) is 65.5 Å². The number of ether oxygens (including phenoxy) is 1. The van der Waals surface area contributed by atoms with E-state index in [4.69, 9.17) is 4.74 Å². The van der Waals surface area contributed by atoms with Crippen LogP contribution in [0.4, 0.5) is 0 Å². The first-order chi connectivity index (χ1) is 6.79. The molecule has 2 nitrogen and oxygen atoms in total. The van der Waals surface area contributed by atoms with E-state index in [-0.39, 0.29) is 5.60 Å². The van der Waals surface area contributed by atoms with Crippen LogP contribution in [0.25, 0.3) is 0 Å². The Kier molecular flexibility index (Phi) is 4.19. The van der Waals surface area contributed by atoms with E-state index in [1.165, 1.54) is 12.8 Å². The smallest absolute Gasteiger partial charge is 0.0632 e. The third-order valence-electron chi connectivity index (χ3n) is 2.79. The number of nitrogens with one attached hydrogen (secondary N) is 1. The van der Waals surface area contributed by atoms with Gasteiger partial charge in [0.05, 0.1) is 12.2 Å². The molecule has 0 saturated carbocycles. The third-order valence-corrected chi connectivity index (χ3v) is 2.79. The van der Waals surface area contributed by atoms with Gasteiger partial charge >= 0.3 is 0 Å². The summed E-state index contributed by atoms with van der Waals surface area (Å²) in [4.78, 5) is 0. The van der Waals surface area contributed by atoms with Gasteiger partial charge in [0, 0.05) is 6.04 Å². The van der Waals surface area contributed by atoms with Crippen LogP contribution in [-0.4, -0.2) is 24.8 Å². The van der Waals surface area contributed by atoms with Gasteiger partial charge in [0.25, 0.3) is 0 Å². The van der Waals surface area contributed by atoms with Crippen LogP contribution in [0.2, 0.25) is 0 Å². The van der Waals surface area contributed by atoms with Crippen LogP contribution in [0.1, 0.15) is 53.9 Å². The first-order valence-corrected chi connectivity index (χ1v) is 6.16. The van der Waals surface area contributed by atoms with Crippen LogP contribution in [0.15, 0.2) is 0 Å². The Balaban J connectivity index is 2.28. The van der Waals surface area contributed by atoms with Crippen molar-refractivity contribution >= 4 is 0 Å². The molecule has 0 bridgehead atoms. The molecule has 0 aliphatic carbocycles. The Bertz CT molecular complexity index is 187. The molecule has 0 amide bonds. The standard InChI is InChI=1S/C13H27NO/c1-12(2,3)10-13(4,5)15-9-11-7-6-8-14-11/h11,14H,6-10H2,1-5H3/t11-/m0/s1. The fourth-order valence-electron chi connectivity index (χ4n) is 2.55. The van der Waals surface area contributed by atoms with E-state index in [1.54, 1.807) is 0 Å². The fraction of sp³-hybridized carbons (Fsp3) is 1.00. The highest BCUT2D eigenvalue weighted by Gasteiger charge is 2.27. The van der Waals surface area contributed by atoms with Gasteiger partial charge < -0.3 is 10.1 Å². The molecular formula is C13H27NO. The zero-order valence-electron chi connectivity index (χ0n) is 11.0. The zero-order valence-corrected chi connectivity index (χ0v) is 11.0. The molecule has 1 aliphatic heterocycles. The maximum absolute atomic E-state index is 6.03. The largest absolute Gasteiger partial charge is 0.374 e. The molecule has 0 aromatic carbocycles. The Labute approximate surface area is 94.8 Å². The lowest BCUT2D eigenvalue weighted by Crippen LogP contribution is -2.36. The quantitative estimate of drug-likeness (QED) is 0.775. The predicted octanol–water partition coefficient (Wildman–Crippen LogP) is 2.97. The molecule has 1 rings (SSSR count). The van der Waals surface area contributed by atoms with E-state index in [0.717, 1.165) is 19.6 Å². The molecule has 0 unspecified atom stereocenters. The number of rotatable bonds is 4. The Morgan fingerprint density at radius 2 is 1.87 bits per heavy atom. The number of hydrogen-bond acceptors (Lipinski definition) is 2. The van der Waals surface area contributed by atoms with Gasteiger partial charge in [0.2, 0.25) is 0 Å². The predicted molar refractivity (Wildman–Crippen MR) is 65.1 cm³/mol. The Morgan fingerprint density at radius 3 is 2.33 bits per heavy atom. The SMILES string of the molecule is CC(C)(C)CC(C)(C)OC[C@@H]1CCCN1. The second-order valence-electron chi connectivity index (χ2n) is 6.60. The van der Waals surface area contributed by atoms with Crippen LogP contribution < -0.4 is 5.32 Å². The second kappa shape index (κ2) is 4.84. The lowest BCUT2D eigenvalue weighted by atomic mass is 9.83. The van der Waals surface area contributed by atoms with Crippen molar-refractivity contribution in [3.8, 4) is 0 Å². The lowest BCUT2D eigenvalue weighted by molar-refractivity contribution is -0.0502. The van der Waals surface area contributed by atoms with Gasteiger partial charge in [0.1, 0.15) is 0 Å². The molecule has 0 aromatic heterocycles. The van der Waals surface area contributed by atoms with E-state index < -0.39 is 0 Å². The van der Waals surface area contributed by atoms with Crippen molar-refractivity contribution in [1.82, 2.24) is 5.32 Å². The fourth-order valence-corrected chi connectivity index (χ4v) is 2.55. The van der Waals surface area contributed by atoms with Gasteiger partial charge in [0.15, 0.2) is 0 Å². The monoisotopic (exact) mass is 213 g/mol. The Morgan fingerprint density at radius 1 is 1.20 bits per heavy atom. The second-order valence-corrected chi connectivity index (χ2v) is 6.60. The van der Waals surface area contributed by atoms with E-state index in [1.807, 2.05) is 0 Å². The molecule has 0 spiro atoms. The molecule has 15 heavy (non-hydrogen) atoms. The molecule has 1 aliphatic rings. The molecule has 1 N–H and O–H groups in total. The van der Waals surface area contributed by atoms with Crippen molar-refractivity contribution < 1.29 is 4.74 Å². The van der Waals surface area contributed by atoms with E-state index in [0.29, 0.717) is 11.5 Å². The van der Waals surface area contributed by atoms with Gasteiger partial charge in [-0.2, -0.15) is 0 Å². The highest BCUT2D eigenvalue weighted by Crippen LogP contribution is 2.29. The van der Waals surface area contributed by atoms with Gasteiger partial charge in [-0.3, -0.25) is 0 Å². The van der Waals surface area contributed by atoms with Crippen molar-refractivity contribution in [3.63, 3.8) is 0 Å². The molecule has 1 saturated heterocycles. The van der Waals surface area contributed by atoms with Gasteiger partial charge in [-0.05, 0) is 45.1 Å². The highest BCUT2D eigenvalue weighted by atomic mass is 16.5. The topological polar surface area (TPSA) is 21.3 Å². The highest BCUT2D eigenvalue weighted by molar-refractivity contribution is 4.80. The maximum Gasteiger partial charge on any atom is 0.0632 e. The normalized spacial score (nSPS) is 23.4. The minimum Gasteiger partial charge on any atom is -0.374 e. The minimum absolute atomic E-state index is 0.00250. The van der Waals surface area contributed by atoms with Crippen molar-refractivity contribution in [3.05, 3.63) is 0 Å². The third kappa shape index (κ3) is 5.53. The first-order valence-electron chi connectivity index (χ1n) is 6.16. The summed E-state index contributed by atoms with van der Waals surface area (Å²) in [5.74, 6) is 0. The molecule has 1 heterocycles. The van der Waals surface area contributed by atoms with Crippen LogP contribution >= 0.6 is 0 Å². The summed E-state index contributed by atoms with van der Waals surface area (Å²) in [5.41, 5.74) is 0.342. The molecule has 0 radical (unpaired) electrons. The molecule has 0 aromatic rings. The van der Waals surface area contributed by atoms with Gasteiger partial charge in [-0.25, -0.2) is 0 Å². The summed E-state index contributed by atoms with van der Waals surface area (Å²) in [6.45, 7) is 13.2. The van der Waals surface area contributed by atoms with Crippen molar-refractivity contribution in [2.75, 3.05) is 13.2 Å². The first kappa shape index (κ1) is 13.0. The molecular weight excluding hydrogens is 186 g/mol. The van der Waals surface area contributed by atoms with Crippen LogP contribution in [0.5, 0.6) is 0 Å². The van der Waals surface area contributed by atoms with Gasteiger partial charge in [-0.15, -0.1) is 0 Å². The van der Waals surface area contributed by atoms with Crippen LogP contribution in [0.3, 0.4) is 0 Å². The van der Waals surface area contributed by atoms with Crippen LogP contribution in [-0.2, 0) is 4.74 Å². The van der Waals surface area contributed by atoms with Crippen molar-refractivity contribution in [1.29, 1.82) is 0 Å². The summed E-state index contributed by atoms with van der Waals surface area (Å²) < 4.78 is 6.03. The minimum atomic E-state index is 0.00250. The zero-order chi connectivity index (χ0) is 11.5. The molecule has 1 fully saturated rings. The maximum atomic E-state index is 6.03. The van der Waals surface area contributed by atoms with E-state index >= 15 is 0 Å².